The first-order chi connectivity index (χ1) is 10.1. The molecule has 0 aromatic carbocycles. The monoisotopic (exact) mass is 325 g/mol. The van der Waals surface area contributed by atoms with Crippen molar-refractivity contribution in [2.75, 3.05) is 13.1 Å². The molecule has 0 radical (unpaired) electrons. The summed E-state index contributed by atoms with van der Waals surface area (Å²) in [6, 6.07) is 0. The van der Waals surface area contributed by atoms with Crippen molar-refractivity contribution in [2.45, 2.75) is 32.1 Å². The third kappa shape index (κ3) is 3.11. The summed E-state index contributed by atoms with van der Waals surface area (Å²) < 4.78 is 4.90. The summed E-state index contributed by atoms with van der Waals surface area (Å²) in [7, 11) is 0. The fourth-order valence-corrected chi connectivity index (χ4v) is 3.67. The number of piperidine rings is 1. The lowest BCUT2D eigenvalue weighted by Gasteiger charge is -2.31. The van der Waals surface area contributed by atoms with Crippen LogP contribution in [0.5, 0.6) is 0 Å². The molecule has 0 bridgehead atoms. The number of carbonyl (C=O) groups excluding carboxylic acids is 1. The molecule has 1 aliphatic heterocycles. The maximum atomic E-state index is 12.5. The van der Waals surface area contributed by atoms with E-state index in [9.17, 15) is 4.79 Å². The Hall–Kier alpha value is -1.40. The van der Waals surface area contributed by atoms with Crippen molar-refractivity contribution in [3.63, 3.8) is 0 Å². The Morgan fingerprint density at radius 3 is 3.14 bits per heavy atom. The molecule has 1 saturated heterocycles. The quantitative estimate of drug-likeness (QED) is 0.870. The molecule has 21 heavy (non-hydrogen) atoms. The number of rotatable bonds is 3. The molecule has 1 fully saturated rings. The molecule has 0 N–H and O–H groups in total. The van der Waals surface area contributed by atoms with Gasteiger partial charge in [0, 0.05) is 36.1 Å². The van der Waals surface area contributed by atoms with Gasteiger partial charge >= 0.3 is 0 Å². The van der Waals surface area contributed by atoms with Crippen molar-refractivity contribution in [1.29, 1.82) is 0 Å². The first-order valence-corrected chi connectivity index (χ1v) is 8.18. The Bertz CT molecular complexity index is 607. The molecule has 2 aromatic heterocycles. The van der Waals surface area contributed by atoms with Crippen LogP contribution in [0.1, 0.15) is 35.0 Å². The van der Waals surface area contributed by atoms with Gasteiger partial charge < -0.3 is 9.42 Å². The number of halogens is 1. The number of carbonyl (C=O) groups is 1. The molecule has 0 saturated carbocycles. The van der Waals surface area contributed by atoms with Gasteiger partial charge in [0.25, 0.3) is 0 Å². The van der Waals surface area contributed by atoms with E-state index in [0.717, 1.165) is 30.9 Å². The maximum Gasteiger partial charge on any atom is 0.229 e. The molecule has 112 valence electrons. The van der Waals surface area contributed by atoms with Crippen molar-refractivity contribution >= 4 is 28.8 Å². The number of likely N-dealkylation sites (tertiary alicyclic amines) is 1. The predicted molar refractivity (Wildman–Crippen MR) is 80.6 cm³/mol. The van der Waals surface area contributed by atoms with Crippen LogP contribution in [0.4, 0.5) is 0 Å². The van der Waals surface area contributed by atoms with Crippen molar-refractivity contribution in [3.05, 3.63) is 33.1 Å². The average molecular weight is 326 g/mol. The summed E-state index contributed by atoms with van der Waals surface area (Å²) in [5.74, 6) is 0.422. The Kier molecular flexibility index (Phi) is 4.26. The van der Waals surface area contributed by atoms with Gasteiger partial charge in [-0.25, -0.2) is 4.98 Å². The second-order valence-electron chi connectivity index (χ2n) is 5.25. The number of nitrogens with zero attached hydrogens (tertiary/aromatic N) is 3. The summed E-state index contributed by atoms with van der Waals surface area (Å²) in [5.41, 5.74) is 1.37. The highest BCUT2D eigenvalue weighted by Gasteiger charge is 2.27. The Balaban J connectivity index is 1.67. The Labute approximate surface area is 131 Å². The molecule has 1 aliphatic rings. The minimum Gasteiger partial charge on any atom is -0.344 e. The zero-order valence-corrected chi connectivity index (χ0v) is 13.3. The third-order valence-corrected chi connectivity index (χ3v) is 5.07. The van der Waals surface area contributed by atoms with E-state index in [1.165, 1.54) is 0 Å². The third-order valence-electron chi connectivity index (χ3n) is 3.84. The van der Waals surface area contributed by atoms with Crippen LogP contribution in [-0.2, 0) is 11.2 Å². The first-order valence-electron chi connectivity index (χ1n) is 6.93. The van der Waals surface area contributed by atoms with Crippen LogP contribution in [0.25, 0.3) is 0 Å². The second-order valence-corrected chi connectivity index (χ2v) is 6.52. The zero-order valence-electron chi connectivity index (χ0n) is 11.7. The fourth-order valence-electron chi connectivity index (χ4n) is 2.66. The molecule has 1 atom stereocenters. The summed E-state index contributed by atoms with van der Waals surface area (Å²) in [6.07, 6.45) is 4.16. The van der Waals surface area contributed by atoms with Crippen LogP contribution in [0, 0.1) is 6.92 Å². The Morgan fingerprint density at radius 1 is 1.62 bits per heavy atom. The normalized spacial score (nSPS) is 19.0. The molecule has 7 heteroatoms. The molecule has 0 aliphatic carbocycles. The number of aromatic nitrogens is 2. The van der Waals surface area contributed by atoms with E-state index < -0.39 is 0 Å². The number of amides is 1. The largest absolute Gasteiger partial charge is 0.344 e. The SMILES string of the molecule is Cc1noc(Cl)c1CC(=O)N1CCC[C@@H](c2nccs2)C1. The average Bonchev–Trinajstić information content (AvgIpc) is 3.13. The van der Waals surface area contributed by atoms with Gasteiger partial charge in [0.15, 0.2) is 0 Å². The molecule has 2 aromatic rings. The highest BCUT2D eigenvalue weighted by atomic mass is 35.5. The lowest BCUT2D eigenvalue weighted by Crippen LogP contribution is -2.40. The smallest absolute Gasteiger partial charge is 0.229 e. The lowest BCUT2D eigenvalue weighted by molar-refractivity contribution is -0.131. The molecular weight excluding hydrogens is 310 g/mol. The molecule has 0 unspecified atom stereocenters. The van der Waals surface area contributed by atoms with Crippen LogP contribution < -0.4 is 0 Å². The van der Waals surface area contributed by atoms with E-state index in [1.807, 2.05) is 16.5 Å². The van der Waals surface area contributed by atoms with Crippen LogP contribution in [0.15, 0.2) is 16.1 Å². The standard InChI is InChI=1S/C14H16ClN3O2S/c1-9-11(13(15)20-17-9)7-12(19)18-5-2-3-10(8-18)14-16-4-6-21-14/h4,6,10H,2-3,5,7-8H2,1H3/t10-/m1/s1. The Morgan fingerprint density at radius 2 is 2.48 bits per heavy atom. The minimum atomic E-state index is 0.0736. The van der Waals surface area contributed by atoms with Gasteiger partial charge in [0.05, 0.1) is 17.1 Å². The van der Waals surface area contributed by atoms with Crippen molar-refractivity contribution < 1.29 is 9.32 Å². The van der Waals surface area contributed by atoms with E-state index in [4.69, 9.17) is 16.1 Å². The second kappa shape index (κ2) is 6.15. The number of hydrogen-bond donors (Lipinski definition) is 0. The number of aryl methyl sites for hydroxylation is 1. The van der Waals surface area contributed by atoms with Gasteiger partial charge in [-0.1, -0.05) is 5.16 Å². The van der Waals surface area contributed by atoms with E-state index in [0.29, 0.717) is 17.2 Å². The lowest BCUT2D eigenvalue weighted by atomic mass is 9.98. The zero-order chi connectivity index (χ0) is 14.8. The first kappa shape index (κ1) is 14.5. The molecule has 3 rings (SSSR count). The number of hydrogen-bond acceptors (Lipinski definition) is 5. The van der Waals surface area contributed by atoms with Gasteiger partial charge in [-0.3, -0.25) is 4.79 Å². The van der Waals surface area contributed by atoms with Crippen LogP contribution >= 0.6 is 22.9 Å². The molecule has 3 heterocycles. The minimum absolute atomic E-state index is 0.0736. The summed E-state index contributed by atoms with van der Waals surface area (Å²) in [5, 5.41) is 7.10. The van der Waals surface area contributed by atoms with Crippen molar-refractivity contribution in [1.82, 2.24) is 15.0 Å². The van der Waals surface area contributed by atoms with Gasteiger partial charge in [0.2, 0.25) is 11.1 Å². The highest BCUT2D eigenvalue weighted by Crippen LogP contribution is 2.29. The summed E-state index contributed by atoms with van der Waals surface area (Å²) >= 11 is 7.59. The highest BCUT2D eigenvalue weighted by molar-refractivity contribution is 7.09. The van der Waals surface area contributed by atoms with Gasteiger partial charge in [0.1, 0.15) is 0 Å². The van der Waals surface area contributed by atoms with Crippen LogP contribution in [-0.4, -0.2) is 34.0 Å². The summed E-state index contributed by atoms with van der Waals surface area (Å²) in [6.45, 7) is 3.32. The molecule has 5 nitrogen and oxygen atoms in total. The van der Waals surface area contributed by atoms with Gasteiger partial charge in [-0.2, -0.15) is 0 Å². The van der Waals surface area contributed by atoms with Crippen LogP contribution in [0.2, 0.25) is 5.22 Å². The molecular formula is C14H16ClN3O2S. The van der Waals surface area contributed by atoms with Crippen molar-refractivity contribution in [3.8, 4) is 0 Å². The van der Waals surface area contributed by atoms with Gasteiger partial charge in [-0.15, -0.1) is 11.3 Å². The molecule has 0 spiro atoms. The van der Waals surface area contributed by atoms with E-state index >= 15 is 0 Å². The van der Waals surface area contributed by atoms with Gasteiger partial charge in [-0.05, 0) is 31.4 Å². The fraction of sp³-hybridized carbons (Fsp3) is 0.500. The maximum absolute atomic E-state index is 12.5. The molecule has 1 amide bonds. The van der Waals surface area contributed by atoms with E-state index in [-0.39, 0.29) is 17.5 Å². The van der Waals surface area contributed by atoms with E-state index in [1.54, 1.807) is 18.3 Å². The topological polar surface area (TPSA) is 59.2 Å². The van der Waals surface area contributed by atoms with E-state index in [2.05, 4.69) is 10.1 Å². The number of thiazole rings is 1. The summed E-state index contributed by atoms with van der Waals surface area (Å²) in [4.78, 5) is 18.7. The van der Waals surface area contributed by atoms with Crippen molar-refractivity contribution in [2.24, 2.45) is 0 Å². The van der Waals surface area contributed by atoms with Crippen LogP contribution in [0.3, 0.4) is 0 Å². The predicted octanol–water partition coefficient (Wildman–Crippen LogP) is 3.04.